The summed E-state index contributed by atoms with van der Waals surface area (Å²) < 4.78 is 20.5. The van der Waals surface area contributed by atoms with Crippen molar-refractivity contribution in [2.75, 3.05) is 18.8 Å². The molecule has 43 heavy (non-hydrogen) atoms. The molecule has 6 rings (SSSR count). The zero-order valence-corrected chi connectivity index (χ0v) is 24.6. The molecule has 1 aromatic carbocycles. The molecule has 2 saturated heterocycles. The van der Waals surface area contributed by atoms with Crippen LogP contribution < -0.4 is 5.73 Å². The highest BCUT2D eigenvalue weighted by molar-refractivity contribution is 6.21. The lowest BCUT2D eigenvalue weighted by atomic mass is 9.83. The van der Waals surface area contributed by atoms with Gasteiger partial charge in [-0.3, -0.25) is 19.1 Å². The number of carbonyl (C=O) groups excluding carboxylic acids is 2. The zero-order valence-electron chi connectivity index (χ0n) is 24.6. The van der Waals surface area contributed by atoms with Crippen LogP contribution in [0, 0.1) is 5.41 Å². The normalized spacial score (nSPS) is 25.3. The average Bonchev–Trinajstić information content (AvgIpc) is 3.65. The first-order valence-corrected chi connectivity index (χ1v) is 14.2. The lowest BCUT2D eigenvalue weighted by Gasteiger charge is -2.38. The third kappa shape index (κ3) is 4.98. The predicted octanol–water partition coefficient (Wildman–Crippen LogP) is 2.91. The van der Waals surface area contributed by atoms with Gasteiger partial charge in [-0.1, -0.05) is 32.9 Å². The Bertz CT molecular complexity index is 1560. The van der Waals surface area contributed by atoms with Gasteiger partial charge in [-0.25, -0.2) is 19.7 Å². The van der Waals surface area contributed by atoms with Gasteiger partial charge in [0.1, 0.15) is 30.2 Å². The fraction of sp³-hybridized carbons (Fsp3) is 0.517. The molecule has 228 valence electrons. The van der Waals surface area contributed by atoms with Gasteiger partial charge in [0.25, 0.3) is 11.8 Å². The van der Waals surface area contributed by atoms with Crippen LogP contribution >= 0.6 is 0 Å². The molecule has 3 amide bonds. The van der Waals surface area contributed by atoms with Gasteiger partial charge in [0.2, 0.25) is 0 Å². The molecule has 0 spiro atoms. The van der Waals surface area contributed by atoms with Crippen molar-refractivity contribution in [1.82, 2.24) is 29.3 Å². The van der Waals surface area contributed by atoms with E-state index in [1.807, 2.05) is 20.8 Å². The SMILES string of the molecule is CC1(C)O[C@@H]2[C@H](O1)[C@@H](CN(CCC(N1C(=O)c3ccccc3C1=O)C(C)(C)C)C(=O)O)O[C@H]2n1cnc2c(N)ncnc21. The summed E-state index contributed by atoms with van der Waals surface area (Å²) in [5.74, 6) is -1.45. The average molecular weight is 594 g/mol. The Kier molecular flexibility index (Phi) is 6.90. The van der Waals surface area contributed by atoms with Crippen molar-refractivity contribution in [2.24, 2.45) is 5.41 Å². The van der Waals surface area contributed by atoms with Gasteiger partial charge in [0, 0.05) is 12.6 Å². The largest absolute Gasteiger partial charge is 0.465 e. The van der Waals surface area contributed by atoms with E-state index in [-0.39, 0.29) is 37.1 Å². The predicted molar refractivity (Wildman–Crippen MR) is 152 cm³/mol. The molecule has 5 atom stereocenters. The number of anilines is 1. The zero-order chi connectivity index (χ0) is 30.8. The fourth-order valence-corrected chi connectivity index (χ4v) is 6.29. The second-order valence-electron chi connectivity index (χ2n) is 12.6. The summed E-state index contributed by atoms with van der Waals surface area (Å²) in [4.78, 5) is 54.3. The fourth-order valence-electron chi connectivity index (χ4n) is 6.29. The van der Waals surface area contributed by atoms with Crippen molar-refractivity contribution in [3.63, 3.8) is 0 Å². The van der Waals surface area contributed by atoms with E-state index >= 15 is 0 Å². The first kappa shape index (κ1) is 29.0. The number of ether oxygens (including phenoxy) is 3. The van der Waals surface area contributed by atoms with E-state index < -0.39 is 47.9 Å². The van der Waals surface area contributed by atoms with E-state index in [0.717, 1.165) is 0 Å². The van der Waals surface area contributed by atoms with Crippen LogP contribution in [-0.4, -0.2) is 95.6 Å². The number of benzene rings is 1. The van der Waals surface area contributed by atoms with Crippen molar-refractivity contribution < 1.29 is 33.7 Å². The Balaban J connectivity index is 1.23. The lowest BCUT2D eigenvalue weighted by Crippen LogP contribution is -2.50. The van der Waals surface area contributed by atoms with Gasteiger partial charge in [-0.05, 0) is 37.8 Å². The van der Waals surface area contributed by atoms with Crippen LogP contribution in [0.5, 0.6) is 0 Å². The number of carbonyl (C=O) groups is 3. The minimum absolute atomic E-state index is 0.0326. The molecule has 14 nitrogen and oxygen atoms in total. The third-order valence-electron chi connectivity index (χ3n) is 8.27. The van der Waals surface area contributed by atoms with E-state index in [0.29, 0.717) is 22.3 Å². The number of nitrogen functional groups attached to an aromatic ring is 1. The number of imidazole rings is 1. The summed E-state index contributed by atoms with van der Waals surface area (Å²) in [6.07, 6.45) is -0.634. The van der Waals surface area contributed by atoms with Crippen molar-refractivity contribution in [3.05, 3.63) is 48.0 Å². The Morgan fingerprint density at radius 2 is 1.74 bits per heavy atom. The molecule has 0 saturated carbocycles. The van der Waals surface area contributed by atoms with Crippen molar-refractivity contribution in [1.29, 1.82) is 0 Å². The topological polar surface area (TPSA) is 175 Å². The molecule has 0 bridgehead atoms. The highest BCUT2D eigenvalue weighted by Crippen LogP contribution is 2.44. The van der Waals surface area contributed by atoms with Crippen molar-refractivity contribution in [3.8, 4) is 0 Å². The Morgan fingerprint density at radius 1 is 1.09 bits per heavy atom. The number of hydrogen-bond acceptors (Lipinski definition) is 10. The molecule has 14 heteroatoms. The minimum Gasteiger partial charge on any atom is -0.465 e. The summed E-state index contributed by atoms with van der Waals surface area (Å²) in [5.41, 5.74) is 7.04. The summed E-state index contributed by atoms with van der Waals surface area (Å²) in [6.45, 7) is 9.38. The monoisotopic (exact) mass is 593 g/mol. The molecular formula is C29H35N7O7. The van der Waals surface area contributed by atoms with Gasteiger partial charge >= 0.3 is 6.09 Å². The highest BCUT2D eigenvalue weighted by atomic mass is 16.8. The maximum atomic E-state index is 13.3. The highest BCUT2D eigenvalue weighted by Gasteiger charge is 2.56. The van der Waals surface area contributed by atoms with Gasteiger partial charge in [-0.2, -0.15) is 0 Å². The minimum atomic E-state index is -1.16. The van der Waals surface area contributed by atoms with Gasteiger partial charge in [0.05, 0.1) is 24.0 Å². The van der Waals surface area contributed by atoms with Crippen LogP contribution in [0.1, 0.15) is 68.0 Å². The molecule has 3 aromatic rings. The number of rotatable bonds is 7. The summed E-state index contributed by atoms with van der Waals surface area (Å²) in [5, 5.41) is 10.2. The smallest absolute Gasteiger partial charge is 0.407 e. The van der Waals surface area contributed by atoms with Crippen LogP contribution in [0.2, 0.25) is 0 Å². The number of hydrogen-bond donors (Lipinski definition) is 2. The first-order valence-electron chi connectivity index (χ1n) is 14.2. The van der Waals surface area contributed by atoms with Crippen LogP contribution in [0.15, 0.2) is 36.9 Å². The van der Waals surface area contributed by atoms with E-state index in [2.05, 4.69) is 15.0 Å². The Hall–Kier alpha value is -4.14. The molecule has 5 heterocycles. The summed E-state index contributed by atoms with van der Waals surface area (Å²) in [7, 11) is 0. The molecule has 2 aromatic heterocycles. The molecule has 3 N–H and O–H groups in total. The van der Waals surface area contributed by atoms with E-state index in [1.54, 1.807) is 49.0 Å². The lowest BCUT2D eigenvalue weighted by molar-refractivity contribution is -0.197. The first-order chi connectivity index (χ1) is 20.3. The number of aromatic nitrogens is 4. The Morgan fingerprint density at radius 3 is 2.37 bits per heavy atom. The van der Waals surface area contributed by atoms with E-state index in [4.69, 9.17) is 19.9 Å². The van der Waals surface area contributed by atoms with Crippen LogP contribution in [0.4, 0.5) is 10.6 Å². The van der Waals surface area contributed by atoms with Crippen LogP contribution in [0.25, 0.3) is 11.2 Å². The molecule has 3 aliphatic rings. The van der Waals surface area contributed by atoms with Gasteiger partial charge in [-0.15, -0.1) is 0 Å². The number of imide groups is 1. The third-order valence-corrected chi connectivity index (χ3v) is 8.27. The molecule has 0 radical (unpaired) electrons. The maximum absolute atomic E-state index is 13.3. The molecule has 0 aliphatic carbocycles. The molecule has 3 aliphatic heterocycles. The summed E-state index contributed by atoms with van der Waals surface area (Å²) >= 11 is 0. The number of nitrogens with zero attached hydrogens (tertiary/aromatic N) is 6. The number of amides is 3. The summed E-state index contributed by atoms with van der Waals surface area (Å²) in [6, 6.07) is 6.16. The molecule has 2 fully saturated rings. The second kappa shape index (κ2) is 10.2. The number of nitrogens with two attached hydrogens (primary N) is 1. The standard InChI is InChI=1S/C29H35N7O7/c1-28(2,3)18(36-24(37)15-8-6-7-9-16(15)25(36)38)10-11-34(27(39)40)12-17-20-21(43-29(4,5)42-20)26(41-17)35-14-33-19-22(30)31-13-32-23(19)35/h6-9,13-14,17-18,20-21,26H,10-12H2,1-5H3,(H,39,40)(H2,30,31,32)/t17-,18?,20-,21-,26-/m1/s1. The van der Waals surface area contributed by atoms with Crippen LogP contribution in [-0.2, 0) is 14.2 Å². The second-order valence-corrected chi connectivity index (χ2v) is 12.6. The maximum Gasteiger partial charge on any atom is 0.407 e. The van der Waals surface area contributed by atoms with Gasteiger partial charge < -0.3 is 30.0 Å². The van der Waals surface area contributed by atoms with E-state index in [1.165, 1.54) is 16.1 Å². The van der Waals surface area contributed by atoms with Crippen LogP contribution in [0.3, 0.4) is 0 Å². The molecular weight excluding hydrogens is 558 g/mol. The van der Waals surface area contributed by atoms with Crippen molar-refractivity contribution >= 4 is 34.9 Å². The van der Waals surface area contributed by atoms with E-state index in [9.17, 15) is 19.5 Å². The quantitative estimate of drug-likeness (QED) is 0.385. The Labute approximate surface area is 247 Å². The van der Waals surface area contributed by atoms with Gasteiger partial charge in [0.15, 0.2) is 23.5 Å². The van der Waals surface area contributed by atoms with Crippen molar-refractivity contribution in [2.45, 2.75) is 77.4 Å². The number of carboxylic acid groups (broad SMARTS) is 1. The number of fused-ring (bicyclic) bond motifs is 3. The molecule has 1 unspecified atom stereocenters.